The standard InChI is InChI=1S/C34H23ClN8O12S4/c1-15-6-11-22-28(29(15)59(53,54)55)56-30(37-22)16-7-9-18(10-8-16)36-33-39-32(35)40-34(41-33)38-23-14-19(57(47,48)49)12-17-13-24(58(50,51)52)26(27(44)25(17)23)43-42-21-5-3-2-4-20(21)31(45)46/h2-14,42H,1H3,(H,45,46)(H,47,48,49)(H,50,51,52)(H,53,54,55)(H2,36,38,39,40,41). The summed E-state index contributed by atoms with van der Waals surface area (Å²) in [7, 11) is -14.8. The van der Waals surface area contributed by atoms with Crippen LogP contribution in [-0.2, 0) is 30.4 Å². The second-order valence-electron chi connectivity index (χ2n) is 12.3. The Balaban J connectivity index is 1.23. The maximum Gasteiger partial charge on any atom is 0.337 e. The van der Waals surface area contributed by atoms with Crippen molar-refractivity contribution in [2.75, 3.05) is 16.1 Å². The summed E-state index contributed by atoms with van der Waals surface area (Å²) >= 11 is 7.26. The van der Waals surface area contributed by atoms with Crippen LogP contribution in [0.2, 0.25) is 5.28 Å². The molecule has 0 saturated heterocycles. The smallest absolute Gasteiger partial charge is 0.337 e. The van der Waals surface area contributed by atoms with Crippen molar-refractivity contribution >= 4 is 116 Å². The lowest BCUT2D eigenvalue weighted by Crippen LogP contribution is -2.28. The van der Waals surface area contributed by atoms with Crippen LogP contribution in [0.3, 0.4) is 0 Å². The van der Waals surface area contributed by atoms with E-state index in [1.54, 1.807) is 37.3 Å². The van der Waals surface area contributed by atoms with Gasteiger partial charge in [-0.3, -0.25) is 23.9 Å². The number of para-hydroxylation sites is 1. The first-order chi connectivity index (χ1) is 27.7. The van der Waals surface area contributed by atoms with Crippen molar-refractivity contribution in [2.24, 2.45) is 5.10 Å². The van der Waals surface area contributed by atoms with E-state index in [4.69, 9.17) is 11.6 Å². The van der Waals surface area contributed by atoms with Gasteiger partial charge >= 0.3 is 5.97 Å². The zero-order chi connectivity index (χ0) is 42.6. The van der Waals surface area contributed by atoms with Crippen LogP contribution in [0.5, 0.6) is 0 Å². The van der Waals surface area contributed by atoms with Gasteiger partial charge in [-0.15, -0.1) is 11.3 Å². The number of carbonyl (C=O) groups is 2. The molecular weight excluding hydrogens is 876 g/mol. The molecule has 59 heavy (non-hydrogen) atoms. The van der Waals surface area contributed by atoms with Gasteiger partial charge in [0.05, 0.1) is 37.6 Å². The number of rotatable bonds is 11. The molecule has 2 heterocycles. The molecule has 0 aliphatic heterocycles. The molecule has 7 N–H and O–H groups in total. The Kier molecular flexibility index (Phi) is 10.5. The van der Waals surface area contributed by atoms with Crippen molar-refractivity contribution in [3.05, 3.63) is 105 Å². The number of allylic oxidation sites excluding steroid dienone is 1. The molecule has 7 rings (SSSR count). The number of Topliss-reactive ketones (excluding diaryl/α,β-unsaturated/α-hetero) is 1. The summed E-state index contributed by atoms with van der Waals surface area (Å²) in [5.41, 5.74) is 1.39. The number of hydrogen-bond acceptors (Lipinski definition) is 17. The van der Waals surface area contributed by atoms with E-state index in [-0.39, 0.29) is 32.7 Å². The van der Waals surface area contributed by atoms with Crippen molar-refractivity contribution in [1.29, 1.82) is 0 Å². The third-order valence-corrected chi connectivity index (χ3v) is 12.5. The minimum atomic E-state index is -5.25. The molecule has 25 heteroatoms. The Hall–Kier alpha value is -6.25. The minimum Gasteiger partial charge on any atom is -0.478 e. The van der Waals surface area contributed by atoms with Gasteiger partial charge in [-0.1, -0.05) is 18.2 Å². The summed E-state index contributed by atoms with van der Waals surface area (Å²) in [5.74, 6) is -3.15. The number of carbonyl (C=O) groups excluding carboxylic acids is 1. The number of hydrogen-bond donors (Lipinski definition) is 7. The van der Waals surface area contributed by atoms with Crippen LogP contribution in [0.15, 0.2) is 92.6 Å². The first-order valence-corrected chi connectivity index (χ1v) is 21.7. The van der Waals surface area contributed by atoms with E-state index in [1.807, 2.05) is 0 Å². The number of aromatic carboxylic acids is 1. The van der Waals surface area contributed by atoms with E-state index < -0.39 is 79.7 Å². The number of nitrogens with one attached hydrogen (secondary N) is 3. The van der Waals surface area contributed by atoms with Crippen molar-refractivity contribution in [3.63, 3.8) is 0 Å². The number of ketones is 1. The van der Waals surface area contributed by atoms with Gasteiger partial charge in [-0.2, -0.15) is 45.3 Å². The number of fused-ring (bicyclic) bond motifs is 2. The highest BCUT2D eigenvalue weighted by molar-refractivity contribution is 7.91. The largest absolute Gasteiger partial charge is 0.478 e. The molecule has 0 atom stereocenters. The molecule has 1 aliphatic rings. The maximum absolute atomic E-state index is 14.0. The zero-order valence-corrected chi connectivity index (χ0v) is 33.3. The number of benzene rings is 4. The molecule has 6 aromatic rings. The number of anilines is 5. The fourth-order valence-corrected chi connectivity index (χ4v) is 9.47. The molecule has 0 amide bonds. The van der Waals surface area contributed by atoms with E-state index >= 15 is 0 Å². The number of thiazole rings is 1. The zero-order valence-electron chi connectivity index (χ0n) is 29.3. The number of aromatic nitrogens is 4. The van der Waals surface area contributed by atoms with Crippen molar-refractivity contribution in [2.45, 2.75) is 16.7 Å². The molecule has 302 valence electrons. The molecule has 0 unspecified atom stereocenters. The number of nitrogens with zero attached hydrogens (tertiary/aromatic N) is 5. The van der Waals surface area contributed by atoms with Gasteiger partial charge in [0, 0.05) is 11.3 Å². The number of halogens is 1. The van der Waals surface area contributed by atoms with E-state index in [0.717, 1.165) is 29.5 Å². The van der Waals surface area contributed by atoms with Gasteiger partial charge in [0.2, 0.25) is 23.0 Å². The fraction of sp³-hybridized carbons (Fsp3) is 0.0294. The summed E-state index contributed by atoms with van der Waals surface area (Å²) in [4.78, 5) is 40.3. The molecule has 0 bridgehead atoms. The lowest BCUT2D eigenvalue weighted by Gasteiger charge is -2.20. The lowest BCUT2D eigenvalue weighted by atomic mass is 9.93. The number of carboxylic acids is 1. The van der Waals surface area contributed by atoms with Crippen LogP contribution in [-0.4, -0.2) is 81.4 Å². The predicted octanol–water partition coefficient (Wildman–Crippen LogP) is 5.68. The van der Waals surface area contributed by atoms with Crippen LogP contribution in [0.4, 0.5) is 29.0 Å². The molecule has 4 aromatic carbocycles. The summed E-state index contributed by atoms with van der Waals surface area (Å²) in [6.45, 7) is 1.55. The Labute approximate surface area is 341 Å². The monoisotopic (exact) mass is 898 g/mol. The van der Waals surface area contributed by atoms with Gasteiger partial charge in [-0.25, -0.2) is 9.78 Å². The van der Waals surface area contributed by atoms with Crippen LogP contribution >= 0.6 is 22.9 Å². The first-order valence-electron chi connectivity index (χ1n) is 16.2. The summed E-state index contributed by atoms with van der Waals surface area (Å²) < 4.78 is 104. The average molecular weight is 899 g/mol. The average Bonchev–Trinajstić information content (AvgIpc) is 3.57. The number of carboxylic acid groups (broad SMARTS) is 1. The maximum atomic E-state index is 14.0. The van der Waals surface area contributed by atoms with Crippen LogP contribution in [0.1, 0.15) is 31.8 Å². The lowest BCUT2D eigenvalue weighted by molar-refractivity contribution is 0.0697. The highest BCUT2D eigenvalue weighted by Gasteiger charge is 2.36. The molecule has 1 aliphatic carbocycles. The SMILES string of the molecule is Cc1ccc2nc(-c3ccc(Nc4nc(Cl)nc(Nc5cc(S(=O)(=O)O)cc6c5C(=O)C(=NNc5ccccc5C(=O)O)C(S(=O)(=O)O)=C6)n4)cc3)sc2c1S(=O)(=O)O. The highest BCUT2D eigenvalue weighted by atomic mass is 35.5. The summed E-state index contributed by atoms with van der Waals surface area (Å²) in [6.07, 6.45) is 0.718. The third-order valence-electron chi connectivity index (χ3n) is 8.34. The van der Waals surface area contributed by atoms with Gasteiger partial charge in [-0.05, 0) is 90.3 Å². The molecule has 2 aromatic heterocycles. The van der Waals surface area contributed by atoms with Crippen molar-refractivity contribution < 1.29 is 53.6 Å². The Morgan fingerprint density at radius 3 is 2.12 bits per heavy atom. The first kappa shape index (κ1) is 40.9. The van der Waals surface area contributed by atoms with Gasteiger partial charge in [0.1, 0.15) is 14.8 Å². The Morgan fingerprint density at radius 1 is 0.797 bits per heavy atom. The second kappa shape index (κ2) is 15.2. The quantitative estimate of drug-likeness (QED) is 0.0607. The summed E-state index contributed by atoms with van der Waals surface area (Å²) in [5, 5.41) is 18.9. The Morgan fingerprint density at radius 2 is 1.47 bits per heavy atom. The minimum absolute atomic E-state index is 0.156. The van der Waals surface area contributed by atoms with Crippen LogP contribution in [0.25, 0.3) is 26.9 Å². The molecule has 0 saturated carbocycles. The molecule has 0 radical (unpaired) electrons. The molecule has 0 fully saturated rings. The van der Waals surface area contributed by atoms with Crippen molar-refractivity contribution in [1.82, 2.24) is 19.9 Å². The second-order valence-corrected chi connectivity index (χ2v) is 17.8. The fourth-order valence-electron chi connectivity index (χ4n) is 5.80. The topological polar surface area (TPSA) is 317 Å². The van der Waals surface area contributed by atoms with E-state index in [2.05, 4.69) is 41.1 Å². The number of aryl methyl sites for hydroxylation is 1. The van der Waals surface area contributed by atoms with Gasteiger partial charge < -0.3 is 15.7 Å². The molecule has 20 nitrogen and oxygen atoms in total. The third kappa shape index (κ3) is 8.50. The predicted molar refractivity (Wildman–Crippen MR) is 216 cm³/mol. The summed E-state index contributed by atoms with van der Waals surface area (Å²) in [6, 6.07) is 16.6. The Bertz CT molecular complexity index is 3190. The van der Waals surface area contributed by atoms with Crippen molar-refractivity contribution in [3.8, 4) is 10.6 Å². The molecular formula is C34H23ClN8O12S4. The van der Waals surface area contributed by atoms with E-state index in [0.29, 0.717) is 27.3 Å². The number of hydrazone groups is 1. The van der Waals surface area contributed by atoms with Crippen LogP contribution in [0, 0.1) is 6.92 Å². The van der Waals surface area contributed by atoms with Gasteiger partial charge in [0.25, 0.3) is 30.4 Å². The highest BCUT2D eigenvalue weighted by Crippen LogP contribution is 2.37. The van der Waals surface area contributed by atoms with E-state index in [1.165, 1.54) is 30.3 Å². The normalized spacial score (nSPS) is 13.9. The van der Waals surface area contributed by atoms with E-state index in [9.17, 15) is 53.6 Å². The van der Waals surface area contributed by atoms with Gasteiger partial charge in [0.15, 0.2) is 5.71 Å². The molecule has 0 spiro atoms. The van der Waals surface area contributed by atoms with Crippen LogP contribution < -0.4 is 16.1 Å².